The monoisotopic (exact) mass is 528 g/mol. The first kappa shape index (κ1) is 26.1. The summed E-state index contributed by atoms with van der Waals surface area (Å²) < 4.78 is 31.7. The van der Waals surface area contributed by atoms with E-state index in [4.69, 9.17) is 4.74 Å². The lowest BCUT2D eigenvalue weighted by molar-refractivity contribution is 0.0622. The van der Waals surface area contributed by atoms with Gasteiger partial charge in [0.25, 0.3) is 5.91 Å². The van der Waals surface area contributed by atoms with E-state index in [1.165, 1.54) is 42.6 Å². The summed E-state index contributed by atoms with van der Waals surface area (Å²) in [5, 5.41) is 0. The summed E-state index contributed by atoms with van der Waals surface area (Å²) in [7, 11) is 0. The highest BCUT2D eigenvalue weighted by atomic mass is 19.1. The quantitative estimate of drug-likeness (QED) is 0.302. The van der Waals surface area contributed by atoms with Crippen LogP contribution in [0.3, 0.4) is 0 Å². The predicted octanol–water partition coefficient (Wildman–Crippen LogP) is 4.93. The number of rotatable bonds is 8. The molecule has 1 fully saturated rings. The van der Waals surface area contributed by atoms with Crippen LogP contribution in [0.4, 0.5) is 8.78 Å². The van der Waals surface area contributed by atoms with Gasteiger partial charge in [-0.15, -0.1) is 0 Å². The third kappa shape index (κ3) is 6.88. The summed E-state index contributed by atoms with van der Waals surface area (Å²) in [4.78, 5) is 38.1. The van der Waals surface area contributed by atoms with Crippen LogP contribution >= 0.6 is 0 Å². The van der Waals surface area contributed by atoms with Crippen LogP contribution in [0.25, 0.3) is 0 Å². The molecule has 0 radical (unpaired) electrons. The van der Waals surface area contributed by atoms with Gasteiger partial charge in [0.2, 0.25) is 5.88 Å². The van der Waals surface area contributed by atoms with Crippen LogP contribution in [0.2, 0.25) is 0 Å². The summed E-state index contributed by atoms with van der Waals surface area (Å²) in [6.07, 6.45) is 3.10. The van der Waals surface area contributed by atoms with E-state index >= 15 is 0 Å². The largest absolute Gasteiger partial charge is 0.439 e. The Labute approximate surface area is 224 Å². The number of hydrogen-bond donors (Lipinski definition) is 0. The Morgan fingerprint density at radius 2 is 1.41 bits per heavy atom. The number of ether oxygens (including phenoxy) is 1. The third-order valence-electron chi connectivity index (χ3n) is 6.48. The topological polar surface area (TPSA) is 75.6 Å². The van der Waals surface area contributed by atoms with E-state index in [0.29, 0.717) is 61.2 Å². The summed E-state index contributed by atoms with van der Waals surface area (Å²) >= 11 is 0. The van der Waals surface area contributed by atoms with E-state index in [2.05, 4.69) is 14.9 Å². The van der Waals surface area contributed by atoms with E-state index in [0.717, 1.165) is 5.56 Å². The van der Waals surface area contributed by atoms with Gasteiger partial charge < -0.3 is 9.64 Å². The van der Waals surface area contributed by atoms with Crippen molar-refractivity contribution in [2.24, 2.45) is 0 Å². The first-order valence-electron chi connectivity index (χ1n) is 12.6. The molecule has 1 amide bonds. The smallest absolute Gasteiger partial charge is 0.272 e. The number of nitrogens with zero attached hydrogens (tertiary/aromatic N) is 4. The van der Waals surface area contributed by atoms with Crippen molar-refractivity contribution in [3.63, 3.8) is 0 Å². The highest BCUT2D eigenvalue weighted by Gasteiger charge is 2.23. The molecule has 1 aliphatic rings. The van der Waals surface area contributed by atoms with Crippen molar-refractivity contribution < 1.29 is 23.1 Å². The zero-order chi connectivity index (χ0) is 27.2. The Kier molecular flexibility index (Phi) is 7.98. The van der Waals surface area contributed by atoms with Crippen molar-refractivity contribution in [3.05, 3.63) is 119 Å². The van der Waals surface area contributed by atoms with E-state index in [9.17, 15) is 18.4 Å². The Hall–Kier alpha value is -4.50. The lowest BCUT2D eigenvalue weighted by Crippen LogP contribution is -2.48. The molecule has 7 nitrogen and oxygen atoms in total. The molecule has 39 heavy (non-hydrogen) atoms. The van der Waals surface area contributed by atoms with E-state index in [-0.39, 0.29) is 29.7 Å². The molecule has 0 atom stereocenters. The van der Waals surface area contributed by atoms with Crippen molar-refractivity contribution in [2.45, 2.75) is 13.0 Å². The third-order valence-corrected chi connectivity index (χ3v) is 6.48. The Morgan fingerprint density at radius 3 is 2.03 bits per heavy atom. The van der Waals surface area contributed by atoms with Gasteiger partial charge in [-0.05, 0) is 59.7 Å². The molecule has 0 aliphatic carbocycles. The number of pyridine rings is 2. The zero-order valence-electron chi connectivity index (χ0n) is 21.1. The molecule has 198 valence electrons. The summed E-state index contributed by atoms with van der Waals surface area (Å²) in [6, 6.07) is 18.6. The van der Waals surface area contributed by atoms with E-state index in [1.54, 1.807) is 47.5 Å². The van der Waals surface area contributed by atoms with Crippen LogP contribution in [0.15, 0.2) is 85.2 Å². The van der Waals surface area contributed by atoms with Gasteiger partial charge in [-0.25, -0.2) is 13.8 Å². The SMILES string of the molecule is O=C(Cc1ccc(Oc2ccc(F)cc2)nc1)c1ccc(C(=O)N2CCN(Cc3ccc(F)cc3)CC2)nc1. The molecule has 0 unspecified atom stereocenters. The molecule has 0 N–H and O–H groups in total. The number of piperazine rings is 1. The van der Waals surface area contributed by atoms with Crippen molar-refractivity contribution >= 4 is 11.7 Å². The number of amides is 1. The van der Waals surface area contributed by atoms with Crippen molar-refractivity contribution in [1.82, 2.24) is 19.8 Å². The van der Waals surface area contributed by atoms with Crippen LogP contribution in [-0.2, 0) is 13.0 Å². The van der Waals surface area contributed by atoms with Crippen LogP contribution in [0.1, 0.15) is 32.0 Å². The number of benzene rings is 2. The number of hydrogen-bond acceptors (Lipinski definition) is 6. The Morgan fingerprint density at radius 1 is 0.744 bits per heavy atom. The van der Waals surface area contributed by atoms with Gasteiger partial charge in [-0.1, -0.05) is 18.2 Å². The number of aromatic nitrogens is 2. The number of carbonyl (C=O) groups excluding carboxylic acids is 2. The lowest BCUT2D eigenvalue weighted by Gasteiger charge is -2.34. The number of carbonyl (C=O) groups is 2. The molecular formula is C30H26F2N4O3. The maximum Gasteiger partial charge on any atom is 0.272 e. The molecule has 5 rings (SSSR count). The fourth-order valence-electron chi connectivity index (χ4n) is 4.29. The molecule has 2 aromatic heterocycles. The molecule has 9 heteroatoms. The van der Waals surface area contributed by atoms with Gasteiger partial charge in [-0.2, -0.15) is 0 Å². The summed E-state index contributed by atoms with van der Waals surface area (Å²) in [5.74, 6) is -0.135. The maximum absolute atomic E-state index is 13.1. The van der Waals surface area contributed by atoms with E-state index < -0.39 is 0 Å². The fraction of sp³-hybridized carbons (Fsp3) is 0.200. The second kappa shape index (κ2) is 11.9. The van der Waals surface area contributed by atoms with Crippen LogP contribution < -0.4 is 4.74 Å². The summed E-state index contributed by atoms with van der Waals surface area (Å²) in [5.41, 5.74) is 2.43. The minimum absolute atomic E-state index is 0.120. The number of halogens is 2. The first-order valence-corrected chi connectivity index (χ1v) is 12.6. The normalized spacial score (nSPS) is 13.7. The molecule has 2 aromatic carbocycles. The lowest BCUT2D eigenvalue weighted by atomic mass is 10.1. The minimum atomic E-state index is -0.353. The van der Waals surface area contributed by atoms with Crippen molar-refractivity contribution in [2.75, 3.05) is 26.2 Å². The zero-order valence-corrected chi connectivity index (χ0v) is 21.1. The minimum Gasteiger partial charge on any atom is -0.439 e. The average molecular weight is 529 g/mol. The molecule has 3 heterocycles. The number of Topliss-reactive ketones (excluding diaryl/α,β-unsaturated/α-hetero) is 1. The van der Waals surface area contributed by atoms with Gasteiger partial charge in [-0.3, -0.25) is 19.5 Å². The number of ketones is 1. The van der Waals surface area contributed by atoms with Gasteiger partial charge in [0.05, 0.1) is 0 Å². The fourth-order valence-corrected chi connectivity index (χ4v) is 4.29. The van der Waals surface area contributed by atoms with Crippen LogP contribution in [0.5, 0.6) is 11.6 Å². The van der Waals surface area contributed by atoms with E-state index in [1.807, 2.05) is 0 Å². The van der Waals surface area contributed by atoms with Crippen LogP contribution in [-0.4, -0.2) is 57.6 Å². The molecule has 0 bridgehead atoms. The molecule has 0 saturated carbocycles. The Bertz CT molecular complexity index is 1420. The molecule has 1 saturated heterocycles. The van der Waals surface area contributed by atoms with Gasteiger partial charge in [0.1, 0.15) is 23.1 Å². The van der Waals surface area contributed by atoms with Gasteiger partial charge >= 0.3 is 0 Å². The van der Waals surface area contributed by atoms with Crippen molar-refractivity contribution in [3.8, 4) is 11.6 Å². The van der Waals surface area contributed by atoms with Gasteiger partial charge in [0.15, 0.2) is 5.78 Å². The van der Waals surface area contributed by atoms with Crippen LogP contribution in [0, 0.1) is 11.6 Å². The van der Waals surface area contributed by atoms with Gasteiger partial charge in [0, 0.05) is 63.2 Å². The van der Waals surface area contributed by atoms with Crippen molar-refractivity contribution in [1.29, 1.82) is 0 Å². The molecular weight excluding hydrogens is 502 g/mol. The predicted molar refractivity (Wildman–Crippen MR) is 141 cm³/mol. The maximum atomic E-state index is 13.1. The molecule has 1 aliphatic heterocycles. The highest BCUT2D eigenvalue weighted by Crippen LogP contribution is 2.20. The average Bonchev–Trinajstić information content (AvgIpc) is 2.96. The Balaban J connectivity index is 1.11. The highest BCUT2D eigenvalue weighted by molar-refractivity contribution is 5.98. The molecule has 0 spiro atoms. The second-order valence-corrected chi connectivity index (χ2v) is 9.29. The molecule has 4 aromatic rings. The standard InChI is InChI=1S/C30H26F2N4O3/c31-24-5-1-21(2-6-24)20-35-13-15-36(16-14-35)30(38)27-11-4-23(19-33-27)28(37)17-22-3-12-29(34-18-22)39-26-9-7-25(32)8-10-26/h1-12,18-19H,13-17,20H2. The first-order chi connectivity index (χ1) is 18.9. The second-order valence-electron chi connectivity index (χ2n) is 9.29. The summed E-state index contributed by atoms with van der Waals surface area (Å²) in [6.45, 7) is 3.26.